The van der Waals surface area contributed by atoms with Crippen LogP contribution in [0.1, 0.15) is 11.7 Å². The van der Waals surface area contributed by atoms with E-state index < -0.39 is 6.10 Å². The molecule has 2 aromatic rings. The summed E-state index contributed by atoms with van der Waals surface area (Å²) in [6.45, 7) is 4.54. The number of β-amino-alcohol motifs (C(OH)–C–C–N with tert-alkyl or cyclic N) is 1. The minimum absolute atomic E-state index is 0.250. The van der Waals surface area contributed by atoms with Crippen molar-refractivity contribution in [3.8, 4) is 11.5 Å². The van der Waals surface area contributed by atoms with Crippen molar-refractivity contribution in [1.82, 2.24) is 4.90 Å². The summed E-state index contributed by atoms with van der Waals surface area (Å²) in [7, 11) is 0. The topological polar surface area (TPSA) is 45.2 Å². The third kappa shape index (κ3) is 3.68. The number of hydrogen-bond acceptors (Lipinski definition) is 5. The Hall–Kier alpha value is -1.95. The van der Waals surface area contributed by atoms with E-state index in [1.807, 2.05) is 36.4 Å². The van der Waals surface area contributed by atoms with E-state index in [1.165, 1.54) is 0 Å². The minimum Gasteiger partial charge on any atom is -0.454 e. The molecular weight excluding hydrogens is 340 g/mol. The van der Waals surface area contributed by atoms with E-state index in [-0.39, 0.29) is 6.79 Å². The molecule has 5 nitrogen and oxygen atoms in total. The Balaban J connectivity index is 1.34. The van der Waals surface area contributed by atoms with Gasteiger partial charge in [0.15, 0.2) is 11.5 Å². The number of fused-ring (bicyclic) bond motifs is 1. The molecule has 0 bridgehead atoms. The molecule has 1 atom stereocenters. The number of hydrogen-bond donors (Lipinski definition) is 1. The third-order valence-electron chi connectivity index (χ3n) is 4.76. The van der Waals surface area contributed by atoms with Crippen molar-refractivity contribution in [2.45, 2.75) is 6.10 Å². The lowest BCUT2D eigenvalue weighted by Gasteiger charge is -2.37. The zero-order chi connectivity index (χ0) is 17.2. The molecule has 132 valence electrons. The van der Waals surface area contributed by atoms with Crippen LogP contribution in [-0.2, 0) is 0 Å². The molecule has 1 saturated heterocycles. The molecule has 4 rings (SSSR count). The number of ether oxygens (including phenoxy) is 2. The smallest absolute Gasteiger partial charge is 0.231 e. The van der Waals surface area contributed by atoms with E-state index in [0.717, 1.165) is 48.2 Å². The standard InChI is InChI=1S/C19H21ClN2O3/c20-15-2-1-3-16(11-15)22-8-6-21(7-9-22)12-17(23)14-4-5-18-19(10-14)25-13-24-18/h1-5,10-11,17,23H,6-9,12-13H2/t17-/m1/s1. The number of benzene rings is 2. The van der Waals surface area contributed by atoms with Gasteiger partial charge in [-0.3, -0.25) is 4.90 Å². The Morgan fingerprint density at radius 3 is 2.60 bits per heavy atom. The van der Waals surface area contributed by atoms with E-state index in [4.69, 9.17) is 21.1 Å². The Morgan fingerprint density at radius 1 is 1.00 bits per heavy atom. The second-order valence-corrected chi connectivity index (χ2v) is 6.83. The maximum Gasteiger partial charge on any atom is 0.231 e. The molecule has 0 aromatic heterocycles. The van der Waals surface area contributed by atoms with Gasteiger partial charge in [-0.15, -0.1) is 0 Å². The van der Waals surface area contributed by atoms with E-state index in [0.29, 0.717) is 12.3 Å². The van der Waals surface area contributed by atoms with Crippen molar-refractivity contribution in [3.05, 3.63) is 53.1 Å². The van der Waals surface area contributed by atoms with Crippen LogP contribution in [0.3, 0.4) is 0 Å². The monoisotopic (exact) mass is 360 g/mol. The molecule has 0 spiro atoms. The van der Waals surface area contributed by atoms with Crippen LogP contribution in [0.25, 0.3) is 0 Å². The number of aliphatic hydroxyl groups excluding tert-OH is 1. The number of aliphatic hydroxyl groups is 1. The highest BCUT2D eigenvalue weighted by Gasteiger charge is 2.22. The van der Waals surface area contributed by atoms with Crippen LogP contribution < -0.4 is 14.4 Å². The molecule has 1 fully saturated rings. The van der Waals surface area contributed by atoms with Crippen LogP contribution in [0.5, 0.6) is 11.5 Å². The lowest BCUT2D eigenvalue weighted by Crippen LogP contribution is -2.47. The fourth-order valence-electron chi connectivity index (χ4n) is 3.33. The fourth-order valence-corrected chi connectivity index (χ4v) is 3.52. The highest BCUT2D eigenvalue weighted by molar-refractivity contribution is 6.30. The summed E-state index contributed by atoms with van der Waals surface area (Å²) >= 11 is 6.08. The summed E-state index contributed by atoms with van der Waals surface area (Å²) in [4.78, 5) is 4.62. The Morgan fingerprint density at radius 2 is 1.80 bits per heavy atom. The molecule has 2 aliphatic rings. The SMILES string of the molecule is O[C@H](CN1CCN(c2cccc(Cl)c2)CC1)c1ccc2c(c1)OCO2. The lowest BCUT2D eigenvalue weighted by atomic mass is 10.1. The van der Waals surface area contributed by atoms with Crippen molar-refractivity contribution < 1.29 is 14.6 Å². The van der Waals surface area contributed by atoms with E-state index >= 15 is 0 Å². The van der Waals surface area contributed by atoms with Crippen molar-refractivity contribution in [1.29, 1.82) is 0 Å². The molecule has 0 aliphatic carbocycles. The van der Waals surface area contributed by atoms with Gasteiger partial charge in [-0.2, -0.15) is 0 Å². The van der Waals surface area contributed by atoms with Crippen LogP contribution in [0, 0.1) is 0 Å². The molecule has 25 heavy (non-hydrogen) atoms. The second kappa shape index (κ2) is 7.12. The molecule has 2 heterocycles. The fraction of sp³-hybridized carbons (Fsp3) is 0.368. The third-order valence-corrected chi connectivity index (χ3v) is 4.99. The maximum atomic E-state index is 10.6. The van der Waals surface area contributed by atoms with Gasteiger partial charge in [-0.05, 0) is 35.9 Å². The first-order valence-electron chi connectivity index (χ1n) is 8.49. The van der Waals surface area contributed by atoms with Crippen molar-refractivity contribution in [2.75, 3.05) is 44.4 Å². The first-order valence-corrected chi connectivity index (χ1v) is 8.87. The highest BCUT2D eigenvalue weighted by Crippen LogP contribution is 2.34. The van der Waals surface area contributed by atoms with Gasteiger partial charge < -0.3 is 19.5 Å². The predicted octanol–water partition coefficient (Wildman–Crippen LogP) is 2.92. The van der Waals surface area contributed by atoms with Crippen molar-refractivity contribution >= 4 is 17.3 Å². The van der Waals surface area contributed by atoms with Crippen molar-refractivity contribution in [2.24, 2.45) is 0 Å². The molecule has 0 unspecified atom stereocenters. The normalized spacial score (nSPS) is 18.4. The predicted molar refractivity (Wildman–Crippen MR) is 97.6 cm³/mol. The summed E-state index contributed by atoms with van der Waals surface area (Å²) in [5, 5.41) is 11.3. The minimum atomic E-state index is -0.535. The number of nitrogens with zero attached hydrogens (tertiary/aromatic N) is 2. The Labute approximate surface area is 152 Å². The van der Waals surface area contributed by atoms with Gasteiger partial charge in [0.1, 0.15) is 0 Å². The van der Waals surface area contributed by atoms with E-state index in [9.17, 15) is 5.11 Å². The highest BCUT2D eigenvalue weighted by atomic mass is 35.5. The lowest BCUT2D eigenvalue weighted by molar-refractivity contribution is 0.109. The van der Waals surface area contributed by atoms with Crippen molar-refractivity contribution in [3.63, 3.8) is 0 Å². The van der Waals surface area contributed by atoms with E-state index in [2.05, 4.69) is 15.9 Å². The van der Waals surface area contributed by atoms with Gasteiger partial charge in [0, 0.05) is 43.4 Å². The average molecular weight is 361 g/mol. The van der Waals surface area contributed by atoms with Crippen LogP contribution in [0.2, 0.25) is 5.02 Å². The summed E-state index contributed by atoms with van der Waals surface area (Å²) in [5.41, 5.74) is 2.02. The van der Waals surface area contributed by atoms with Gasteiger partial charge in [0.25, 0.3) is 0 Å². The molecule has 1 N–H and O–H groups in total. The number of rotatable bonds is 4. The Kier molecular flexibility index (Phi) is 4.70. The summed E-state index contributed by atoms with van der Waals surface area (Å²) in [6, 6.07) is 13.6. The van der Waals surface area contributed by atoms with Crippen LogP contribution in [0.15, 0.2) is 42.5 Å². The average Bonchev–Trinajstić information content (AvgIpc) is 3.10. The first kappa shape index (κ1) is 16.5. The summed E-state index contributed by atoms with van der Waals surface area (Å²) in [6.07, 6.45) is -0.535. The molecule has 0 amide bonds. The van der Waals surface area contributed by atoms with Gasteiger partial charge in [-0.25, -0.2) is 0 Å². The van der Waals surface area contributed by atoms with Crippen LogP contribution in [-0.4, -0.2) is 49.5 Å². The largest absolute Gasteiger partial charge is 0.454 e. The number of anilines is 1. The van der Waals surface area contributed by atoms with Gasteiger partial charge >= 0.3 is 0 Å². The molecule has 2 aromatic carbocycles. The molecule has 0 saturated carbocycles. The van der Waals surface area contributed by atoms with Gasteiger partial charge in [-0.1, -0.05) is 23.7 Å². The zero-order valence-electron chi connectivity index (χ0n) is 13.9. The molecule has 2 aliphatic heterocycles. The van der Waals surface area contributed by atoms with E-state index in [1.54, 1.807) is 0 Å². The first-order chi connectivity index (χ1) is 12.2. The van der Waals surface area contributed by atoms with Gasteiger partial charge in [0.05, 0.1) is 6.10 Å². The quantitative estimate of drug-likeness (QED) is 0.908. The molecule has 6 heteroatoms. The van der Waals surface area contributed by atoms with Crippen LogP contribution >= 0.6 is 11.6 Å². The Bertz CT molecular complexity index is 747. The summed E-state index contributed by atoms with van der Waals surface area (Å²) < 4.78 is 10.7. The second-order valence-electron chi connectivity index (χ2n) is 6.40. The summed E-state index contributed by atoms with van der Waals surface area (Å²) in [5.74, 6) is 1.45. The number of halogens is 1. The maximum absolute atomic E-state index is 10.6. The molecule has 0 radical (unpaired) electrons. The number of piperazine rings is 1. The van der Waals surface area contributed by atoms with Gasteiger partial charge in [0.2, 0.25) is 6.79 Å². The molecular formula is C19H21ClN2O3. The van der Waals surface area contributed by atoms with Crippen LogP contribution in [0.4, 0.5) is 5.69 Å². The zero-order valence-corrected chi connectivity index (χ0v) is 14.7.